The molecule has 1 aromatic heterocycles. The van der Waals surface area contributed by atoms with E-state index >= 15 is 0 Å². The summed E-state index contributed by atoms with van der Waals surface area (Å²) in [7, 11) is 2.55. The molecule has 0 fully saturated rings. The number of carbonyl (C=O) groups is 1. The van der Waals surface area contributed by atoms with Crippen LogP contribution in [0, 0.1) is 10.1 Å². The Morgan fingerprint density at radius 1 is 1.56 bits per heavy atom. The third kappa shape index (κ3) is 2.72. The monoisotopic (exact) mass is 229 g/mol. The Labute approximate surface area is 91.1 Å². The smallest absolute Gasteiger partial charge is 0.323 e. The van der Waals surface area contributed by atoms with Crippen LogP contribution in [0.5, 0.6) is 5.95 Å². The molecule has 0 aliphatic rings. The van der Waals surface area contributed by atoms with E-state index in [-0.39, 0.29) is 11.7 Å². The first-order chi connectivity index (χ1) is 7.58. The molecule has 0 aromatic carbocycles. The molecule has 0 amide bonds. The predicted molar refractivity (Wildman–Crippen MR) is 51.9 cm³/mol. The first-order valence-corrected chi connectivity index (χ1v) is 4.41. The number of methoxy groups -OCH3 is 2. The van der Waals surface area contributed by atoms with Crippen LogP contribution < -0.4 is 4.74 Å². The first kappa shape index (κ1) is 12.0. The van der Waals surface area contributed by atoms with E-state index in [4.69, 9.17) is 9.15 Å². The van der Waals surface area contributed by atoms with Gasteiger partial charge in [-0.3, -0.25) is 14.9 Å². The van der Waals surface area contributed by atoms with Crippen LogP contribution in [0.2, 0.25) is 0 Å². The highest BCUT2D eigenvalue weighted by Gasteiger charge is 2.30. The van der Waals surface area contributed by atoms with Crippen molar-refractivity contribution in [3.05, 3.63) is 28.0 Å². The molecule has 1 heterocycles. The summed E-state index contributed by atoms with van der Waals surface area (Å²) in [4.78, 5) is 21.1. The molecule has 0 aliphatic carbocycles. The minimum atomic E-state index is -1.05. The van der Waals surface area contributed by atoms with Crippen molar-refractivity contribution in [2.45, 2.75) is 5.92 Å². The normalized spacial score (nSPS) is 11.9. The standard InChI is InChI=1S/C9H11NO6/c1-14-8-4-3-7(16-8)6(5-10(12)13)9(11)15-2/h3-4,6H,5H2,1-2H3. The number of nitrogens with zero attached hydrogens (tertiary/aromatic N) is 1. The Hall–Kier alpha value is -2.05. The molecule has 0 N–H and O–H groups in total. The summed E-state index contributed by atoms with van der Waals surface area (Å²) in [6.07, 6.45) is 0. The molecular weight excluding hydrogens is 218 g/mol. The highest BCUT2D eigenvalue weighted by molar-refractivity contribution is 5.77. The van der Waals surface area contributed by atoms with E-state index in [0.717, 1.165) is 7.11 Å². The van der Waals surface area contributed by atoms with Gasteiger partial charge in [0.1, 0.15) is 5.76 Å². The van der Waals surface area contributed by atoms with Gasteiger partial charge < -0.3 is 13.9 Å². The van der Waals surface area contributed by atoms with Crippen LogP contribution in [0.1, 0.15) is 11.7 Å². The van der Waals surface area contributed by atoms with Gasteiger partial charge in [-0.2, -0.15) is 0 Å². The topological polar surface area (TPSA) is 91.8 Å². The number of rotatable bonds is 5. The third-order valence-corrected chi connectivity index (χ3v) is 1.96. The Bertz CT molecular complexity index is 385. The van der Waals surface area contributed by atoms with Gasteiger partial charge in [-0.15, -0.1) is 0 Å². The van der Waals surface area contributed by atoms with E-state index < -0.39 is 23.4 Å². The summed E-state index contributed by atoms with van der Waals surface area (Å²) in [5, 5.41) is 10.4. The van der Waals surface area contributed by atoms with Gasteiger partial charge >= 0.3 is 5.97 Å². The number of ether oxygens (including phenoxy) is 2. The van der Waals surface area contributed by atoms with E-state index in [1.807, 2.05) is 0 Å². The maximum absolute atomic E-state index is 11.3. The van der Waals surface area contributed by atoms with E-state index in [1.165, 1.54) is 19.2 Å². The molecule has 0 bridgehead atoms. The van der Waals surface area contributed by atoms with E-state index in [1.54, 1.807) is 0 Å². The van der Waals surface area contributed by atoms with Crippen molar-refractivity contribution in [3.8, 4) is 5.95 Å². The van der Waals surface area contributed by atoms with Gasteiger partial charge in [-0.05, 0) is 6.07 Å². The number of nitro groups is 1. The zero-order valence-corrected chi connectivity index (χ0v) is 8.84. The maximum Gasteiger partial charge on any atom is 0.323 e. The molecule has 88 valence electrons. The van der Waals surface area contributed by atoms with Crippen molar-refractivity contribution in [1.29, 1.82) is 0 Å². The zero-order chi connectivity index (χ0) is 12.1. The van der Waals surface area contributed by atoms with Crippen LogP contribution in [-0.2, 0) is 9.53 Å². The summed E-state index contributed by atoms with van der Waals surface area (Å²) >= 11 is 0. The summed E-state index contributed by atoms with van der Waals surface area (Å²) < 4.78 is 14.3. The number of esters is 1. The molecule has 1 atom stereocenters. The van der Waals surface area contributed by atoms with Crippen LogP contribution >= 0.6 is 0 Å². The Morgan fingerprint density at radius 3 is 2.69 bits per heavy atom. The third-order valence-electron chi connectivity index (χ3n) is 1.96. The summed E-state index contributed by atoms with van der Waals surface area (Å²) in [6.45, 7) is -0.580. The Kier molecular flexibility index (Phi) is 3.87. The highest BCUT2D eigenvalue weighted by atomic mass is 16.6. The Balaban J connectivity index is 2.91. The summed E-state index contributed by atoms with van der Waals surface area (Å²) in [5.74, 6) is -1.43. The first-order valence-electron chi connectivity index (χ1n) is 4.41. The van der Waals surface area contributed by atoms with Crippen LogP contribution in [0.4, 0.5) is 0 Å². The second-order valence-corrected chi connectivity index (χ2v) is 2.95. The molecule has 0 saturated heterocycles. The predicted octanol–water partition coefficient (Wildman–Crippen LogP) is 0.821. The fourth-order valence-electron chi connectivity index (χ4n) is 1.20. The molecule has 16 heavy (non-hydrogen) atoms. The number of carbonyl (C=O) groups excluding carboxylic acids is 1. The lowest BCUT2D eigenvalue weighted by Crippen LogP contribution is -2.22. The molecule has 1 rings (SSSR count). The van der Waals surface area contributed by atoms with Crippen molar-refractivity contribution in [3.63, 3.8) is 0 Å². The minimum absolute atomic E-state index is 0.153. The molecule has 0 saturated carbocycles. The number of hydrogen-bond donors (Lipinski definition) is 0. The van der Waals surface area contributed by atoms with Gasteiger partial charge in [0.2, 0.25) is 6.54 Å². The molecule has 7 heteroatoms. The summed E-state index contributed by atoms with van der Waals surface area (Å²) in [6, 6.07) is 2.93. The zero-order valence-electron chi connectivity index (χ0n) is 8.84. The van der Waals surface area contributed by atoms with Crippen molar-refractivity contribution in [2.24, 2.45) is 0 Å². The van der Waals surface area contributed by atoms with Gasteiger partial charge in [-0.25, -0.2) is 0 Å². The average molecular weight is 229 g/mol. The SMILES string of the molecule is COC(=O)C(C[N+](=O)[O-])c1ccc(OC)o1. The van der Waals surface area contributed by atoms with E-state index in [2.05, 4.69) is 4.74 Å². The quantitative estimate of drug-likeness (QED) is 0.421. The second kappa shape index (κ2) is 5.15. The molecule has 1 unspecified atom stereocenters. The fraction of sp³-hybridized carbons (Fsp3) is 0.444. The largest absolute Gasteiger partial charge is 0.468 e. The lowest BCUT2D eigenvalue weighted by molar-refractivity contribution is -0.482. The lowest BCUT2D eigenvalue weighted by atomic mass is 10.1. The average Bonchev–Trinajstić information content (AvgIpc) is 2.72. The maximum atomic E-state index is 11.3. The molecule has 7 nitrogen and oxygen atoms in total. The van der Waals surface area contributed by atoms with Crippen LogP contribution in [-0.4, -0.2) is 31.7 Å². The van der Waals surface area contributed by atoms with Crippen molar-refractivity contribution in [2.75, 3.05) is 20.8 Å². The van der Waals surface area contributed by atoms with Crippen LogP contribution in [0.15, 0.2) is 16.5 Å². The minimum Gasteiger partial charge on any atom is -0.468 e. The number of hydrogen-bond acceptors (Lipinski definition) is 6. The fourth-order valence-corrected chi connectivity index (χ4v) is 1.20. The number of furan rings is 1. The Morgan fingerprint density at radius 2 is 2.25 bits per heavy atom. The van der Waals surface area contributed by atoms with Gasteiger partial charge in [0.25, 0.3) is 5.95 Å². The molecule has 1 aromatic rings. The molecule has 0 spiro atoms. The van der Waals surface area contributed by atoms with Crippen LogP contribution in [0.25, 0.3) is 0 Å². The van der Waals surface area contributed by atoms with Gasteiger partial charge in [0, 0.05) is 11.0 Å². The molecule has 0 radical (unpaired) electrons. The van der Waals surface area contributed by atoms with Crippen LogP contribution in [0.3, 0.4) is 0 Å². The van der Waals surface area contributed by atoms with Crippen molar-refractivity contribution >= 4 is 5.97 Å². The van der Waals surface area contributed by atoms with Crippen molar-refractivity contribution < 1.29 is 23.6 Å². The van der Waals surface area contributed by atoms with E-state index in [0.29, 0.717) is 0 Å². The molecular formula is C9H11NO6. The lowest BCUT2D eigenvalue weighted by Gasteiger charge is -2.07. The van der Waals surface area contributed by atoms with Gasteiger partial charge in [-0.1, -0.05) is 0 Å². The van der Waals surface area contributed by atoms with Gasteiger partial charge in [0.05, 0.1) is 14.2 Å². The van der Waals surface area contributed by atoms with E-state index in [9.17, 15) is 14.9 Å². The summed E-state index contributed by atoms with van der Waals surface area (Å²) in [5.41, 5.74) is 0. The second-order valence-electron chi connectivity index (χ2n) is 2.95. The highest BCUT2D eigenvalue weighted by Crippen LogP contribution is 2.24. The van der Waals surface area contributed by atoms with Crippen molar-refractivity contribution in [1.82, 2.24) is 0 Å². The van der Waals surface area contributed by atoms with Gasteiger partial charge in [0.15, 0.2) is 5.92 Å². The molecule has 0 aliphatic heterocycles.